The molecule has 1 aromatic carbocycles. The number of rotatable bonds is 5. The molecule has 2 fully saturated rings. The zero-order chi connectivity index (χ0) is 16.6. The van der Waals surface area contributed by atoms with E-state index in [9.17, 15) is 4.79 Å². The van der Waals surface area contributed by atoms with Crippen LogP contribution in [0.15, 0.2) is 28.8 Å². The zero-order valence-electron chi connectivity index (χ0n) is 13.4. The van der Waals surface area contributed by atoms with Crippen molar-refractivity contribution in [1.29, 1.82) is 0 Å². The first-order valence-electron chi connectivity index (χ1n) is 8.34. The number of amides is 1. The topological polar surface area (TPSA) is 94.0 Å². The van der Waals surface area contributed by atoms with Crippen molar-refractivity contribution in [2.75, 3.05) is 0 Å². The van der Waals surface area contributed by atoms with E-state index in [1.165, 1.54) is 0 Å². The summed E-state index contributed by atoms with van der Waals surface area (Å²) in [6.45, 7) is 0. The number of nitrogens with two attached hydrogens (primary N) is 1. The minimum absolute atomic E-state index is 0.0108. The smallest absolute Gasteiger partial charge is 0.251 e. The van der Waals surface area contributed by atoms with Crippen LogP contribution in [0.25, 0.3) is 12.2 Å². The maximum Gasteiger partial charge on any atom is 0.251 e. The van der Waals surface area contributed by atoms with Crippen LogP contribution in [0.1, 0.15) is 59.7 Å². The van der Waals surface area contributed by atoms with Crippen LogP contribution in [0.2, 0.25) is 0 Å². The Hall–Kier alpha value is -2.47. The molecule has 24 heavy (non-hydrogen) atoms. The molecule has 2 saturated carbocycles. The van der Waals surface area contributed by atoms with Gasteiger partial charge in [0.25, 0.3) is 11.8 Å². The highest BCUT2D eigenvalue weighted by Gasteiger charge is 2.38. The lowest BCUT2D eigenvalue weighted by atomic mass is 9.77. The first-order chi connectivity index (χ1) is 11.6. The van der Waals surface area contributed by atoms with E-state index in [0.29, 0.717) is 23.3 Å². The highest BCUT2D eigenvalue weighted by atomic mass is 16.5. The third-order valence-electron chi connectivity index (χ3n) is 4.64. The predicted molar refractivity (Wildman–Crippen MR) is 89.9 cm³/mol. The Bertz CT molecular complexity index is 771. The van der Waals surface area contributed by atoms with Gasteiger partial charge in [0.15, 0.2) is 5.82 Å². The largest absolute Gasteiger partial charge is 0.349 e. The van der Waals surface area contributed by atoms with Gasteiger partial charge >= 0.3 is 0 Å². The van der Waals surface area contributed by atoms with Crippen molar-refractivity contribution in [3.05, 3.63) is 47.1 Å². The van der Waals surface area contributed by atoms with E-state index in [2.05, 4.69) is 15.5 Å². The molecule has 0 saturated heterocycles. The average Bonchev–Trinajstić information content (AvgIpc) is 3.25. The highest BCUT2D eigenvalue weighted by molar-refractivity contribution is 5.94. The third-order valence-corrected chi connectivity index (χ3v) is 4.64. The molecule has 1 aromatic heterocycles. The number of carbonyl (C=O) groups excluding carboxylic acids is 1. The summed E-state index contributed by atoms with van der Waals surface area (Å²) in [4.78, 5) is 16.3. The van der Waals surface area contributed by atoms with Crippen molar-refractivity contribution in [2.24, 2.45) is 5.73 Å². The van der Waals surface area contributed by atoms with Crippen LogP contribution in [0, 0.1) is 0 Å². The molecule has 0 aliphatic heterocycles. The van der Waals surface area contributed by atoms with E-state index >= 15 is 0 Å². The summed E-state index contributed by atoms with van der Waals surface area (Å²) in [7, 11) is 0. The van der Waals surface area contributed by atoms with Crippen LogP contribution in [-0.4, -0.2) is 22.1 Å². The van der Waals surface area contributed by atoms with Crippen molar-refractivity contribution in [2.45, 2.75) is 43.7 Å². The Balaban J connectivity index is 1.41. The Morgan fingerprint density at radius 2 is 2.00 bits per heavy atom. The van der Waals surface area contributed by atoms with Crippen LogP contribution < -0.4 is 11.1 Å². The highest BCUT2D eigenvalue weighted by Crippen LogP contribution is 2.36. The minimum atomic E-state index is -0.411. The summed E-state index contributed by atoms with van der Waals surface area (Å²) in [5.74, 6) is 1.01. The second-order valence-corrected chi connectivity index (χ2v) is 6.67. The quantitative estimate of drug-likeness (QED) is 0.881. The maximum absolute atomic E-state index is 11.9. The van der Waals surface area contributed by atoms with E-state index in [-0.39, 0.29) is 5.91 Å². The molecule has 2 aliphatic carbocycles. The molecule has 0 bridgehead atoms. The number of hydrogen-bond acceptors (Lipinski definition) is 5. The van der Waals surface area contributed by atoms with Crippen LogP contribution in [-0.2, 0) is 5.54 Å². The average molecular weight is 324 g/mol. The third kappa shape index (κ3) is 3.10. The van der Waals surface area contributed by atoms with Crippen molar-refractivity contribution in [1.82, 2.24) is 15.5 Å². The maximum atomic E-state index is 11.9. The molecule has 1 heterocycles. The summed E-state index contributed by atoms with van der Waals surface area (Å²) in [6.07, 6.45) is 8.73. The first-order valence-corrected chi connectivity index (χ1v) is 8.34. The molecule has 0 radical (unpaired) electrons. The Kier molecular flexibility index (Phi) is 3.69. The van der Waals surface area contributed by atoms with Gasteiger partial charge in [-0.3, -0.25) is 4.79 Å². The van der Waals surface area contributed by atoms with Crippen molar-refractivity contribution in [3.8, 4) is 0 Å². The van der Waals surface area contributed by atoms with Gasteiger partial charge in [-0.1, -0.05) is 17.3 Å². The van der Waals surface area contributed by atoms with Gasteiger partial charge < -0.3 is 15.6 Å². The summed E-state index contributed by atoms with van der Waals surface area (Å²) >= 11 is 0. The molecule has 0 unspecified atom stereocenters. The number of carbonyl (C=O) groups is 1. The Morgan fingerprint density at radius 1 is 1.25 bits per heavy atom. The van der Waals surface area contributed by atoms with Crippen molar-refractivity contribution >= 4 is 18.1 Å². The summed E-state index contributed by atoms with van der Waals surface area (Å²) < 4.78 is 5.23. The fraction of sp³-hybridized carbons (Fsp3) is 0.389. The van der Waals surface area contributed by atoms with Gasteiger partial charge in [0.1, 0.15) is 0 Å². The molecule has 124 valence electrons. The number of nitrogens with zero attached hydrogens (tertiary/aromatic N) is 2. The number of benzene rings is 1. The lowest BCUT2D eigenvalue weighted by Crippen LogP contribution is -2.44. The summed E-state index contributed by atoms with van der Waals surface area (Å²) in [5.41, 5.74) is 7.41. The van der Waals surface area contributed by atoms with Gasteiger partial charge in [0.2, 0.25) is 0 Å². The SMILES string of the molecule is NC1(c2noc(/C=C/c3ccc(C(=O)NC4CC4)cc3)n2)CCC1. The van der Waals surface area contributed by atoms with Crippen LogP contribution >= 0.6 is 0 Å². The number of aromatic nitrogens is 2. The monoisotopic (exact) mass is 324 g/mol. The zero-order valence-corrected chi connectivity index (χ0v) is 13.4. The summed E-state index contributed by atoms with van der Waals surface area (Å²) in [6, 6.07) is 7.79. The van der Waals surface area contributed by atoms with E-state index in [1.807, 2.05) is 30.3 Å². The van der Waals surface area contributed by atoms with E-state index in [0.717, 1.165) is 37.7 Å². The standard InChI is InChI=1S/C18H20N4O2/c19-18(10-1-11-18)17-21-15(24-22-17)9-4-12-2-5-13(6-3-12)16(23)20-14-7-8-14/h2-6,9,14H,1,7-8,10-11,19H2,(H,20,23)/b9-4+. The Morgan fingerprint density at radius 3 is 2.62 bits per heavy atom. The van der Waals surface area contributed by atoms with E-state index in [4.69, 9.17) is 10.3 Å². The van der Waals surface area contributed by atoms with Crippen LogP contribution in [0.4, 0.5) is 0 Å². The lowest BCUT2D eigenvalue weighted by molar-refractivity contribution is 0.0951. The molecular formula is C18H20N4O2. The predicted octanol–water partition coefficient (Wildman–Crippen LogP) is 2.47. The van der Waals surface area contributed by atoms with Gasteiger partial charge in [-0.2, -0.15) is 4.98 Å². The fourth-order valence-corrected chi connectivity index (χ4v) is 2.70. The summed E-state index contributed by atoms with van der Waals surface area (Å²) in [5, 5.41) is 6.95. The van der Waals surface area contributed by atoms with Gasteiger partial charge in [-0.15, -0.1) is 0 Å². The van der Waals surface area contributed by atoms with Crippen molar-refractivity contribution in [3.63, 3.8) is 0 Å². The second kappa shape index (κ2) is 5.87. The molecule has 2 aliphatic rings. The Labute approximate surface area is 140 Å². The molecule has 0 atom stereocenters. The molecule has 2 aromatic rings. The van der Waals surface area contributed by atoms with Crippen LogP contribution in [0.3, 0.4) is 0 Å². The minimum Gasteiger partial charge on any atom is -0.349 e. The molecule has 6 heteroatoms. The van der Waals surface area contributed by atoms with Crippen LogP contribution in [0.5, 0.6) is 0 Å². The van der Waals surface area contributed by atoms with Crippen molar-refractivity contribution < 1.29 is 9.32 Å². The number of nitrogens with one attached hydrogen (secondary N) is 1. The molecule has 4 rings (SSSR count). The molecule has 0 spiro atoms. The normalized spacial score (nSPS) is 19.2. The van der Waals surface area contributed by atoms with Gasteiger partial charge in [0.05, 0.1) is 5.54 Å². The lowest BCUT2D eigenvalue weighted by Gasteiger charge is -2.34. The van der Waals surface area contributed by atoms with Gasteiger partial charge in [0, 0.05) is 17.7 Å². The van der Waals surface area contributed by atoms with Gasteiger partial charge in [-0.25, -0.2) is 0 Å². The number of hydrogen-bond donors (Lipinski definition) is 2. The molecule has 1 amide bonds. The first kappa shape index (κ1) is 15.1. The molecule has 3 N–H and O–H groups in total. The van der Waals surface area contributed by atoms with Gasteiger partial charge in [-0.05, 0) is 55.9 Å². The molecular weight excluding hydrogens is 304 g/mol. The second-order valence-electron chi connectivity index (χ2n) is 6.67. The molecule has 6 nitrogen and oxygen atoms in total. The van der Waals surface area contributed by atoms with E-state index in [1.54, 1.807) is 6.08 Å². The fourth-order valence-electron chi connectivity index (χ4n) is 2.70. The van der Waals surface area contributed by atoms with E-state index < -0.39 is 5.54 Å².